The Morgan fingerprint density at radius 3 is 2.82 bits per heavy atom. The van der Waals surface area contributed by atoms with Crippen LogP contribution in [0.1, 0.15) is 23.7 Å². The SMILES string of the molecule is C=CCn1c(SCC(=O)Nc2cccc(C(=O)OCCC)c2)nnc1-c1cc2ccccc2o1. The maximum atomic E-state index is 12.6. The number of amides is 1. The van der Waals surface area contributed by atoms with Crippen LogP contribution in [-0.2, 0) is 16.1 Å². The zero-order valence-corrected chi connectivity index (χ0v) is 19.5. The monoisotopic (exact) mass is 476 g/mol. The molecule has 4 aromatic rings. The number of hydrogen-bond acceptors (Lipinski definition) is 7. The molecule has 8 nitrogen and oxygen atoms in total. The molecule has 4 rings (SSSR count). The maximum absolute atomic E-state index is 12.6. The molecule has 34 heavy (non-hydrogen) atoms. The second-order valence-electron chi connectivity index (χ2n) is 7.41. The fourth-order valence-corrected chi connectivity index (χ4v) is 4.04. The van der Waals surface area contributed by atoms with Crippen molar-refractivity contribution in [1.82, 2.24) is 14.8 Å². The Morgan fingerprint density at radius 2 is 2.03 bits per heavy atom. The van der Waals surface area contributed by atoms with Crippen molar-refractivity contribution >= 4 is 40.3 Å². The molecule has 1 N–H and O–H groups in total. The lowest BCUT2D eigenvalue weighted by molar-refractivity contribution is -0.113. The van der Waals surface area contributed by atoms with Gasteiger partial charge in [-0.05, 0) is 36.8 Å². The lowest BCUT2D eigenvalue weighted by atomic mass is 10.2. The van der Waals surface area contributed by atoms with E-state index in [2.05, 4.69) is 22.1 Å². The van der Waals surface area contributed by atoms with Crippen LogP contribution < -0.4 is 5.32 Å². The summed E-state index contributed by atoms with van der Waals surface area (Å²) in [7, 11) is 0. The van der Waals surface area contributed by atoms with Gasteiger partial charge in [0.2, 0.25) is 11.7 Å². The number of hydrogen-bond donors (Lipinski definition) is 1. The molecule has 0 atom stereocenters. The van der Waals surface area contributed by atoms with Crippen LogP contribution in [0, 0.1) is 0 Å². The number of para-hydroxylation sites is 1. The molecule has 174 valence electrons. The number of furan rings is 1. The first-order chi connectivity index (χ1) is 16.6. The molecule has 2 aromatic heterocycles. The van der Waals surface area contributed by atoms with Crippen molar-refractivity contribution in [2.75, 3.05) is 17.7 Å². The number of aromatic nitrogens is 3. The molecule has 0 fully saturated rings. The molecule has 0 aliphatic rings. The molecule has 0 aliphatic carbocycles. The Labute approximate surface area is 201 Å². The first-order valence-electron chi connectivity index (χ1n) is 10.8. The summed E-state index contributed by atoms with van der Waals surface area (Å²) in [5.74, 6) is 0.626. The molecule has 0 aliphatic heterocycles. The normalized spacial score (nSPS) is 10.9. The number of carbonyl (C=O) groups is 2. The second-order valence-corrected chi connectivity index (χ2v) is 8.35. The highest BCUT2D eigenvalue weighted by molar-refractivity contribution is 7.99. The van der Waals surface area contributed by atoms with Crippen LogP contribution >= 0.6 is 11.8 Å². The molecule has 0 saturated heterocycles. The highest BCUT2D eigenvalue weighted by Gasteiger charge is 2.18. The summed E-state index contributed by atoms with van der Waals surface area (Å²) in [4.78, 5) is 24.6. The number of ether oxygens (including phenoxy) is 1. The molecule has 1 amide bonds. The third kappa shape index (κ3) is 5.37. The van der Waals surface area contributed by atoms with E-state index in [1.54, 1.807) is 30.3 Å². The molecule has 0 radical (unpaired) electrons. The average Bonchev–Trinajstić information content (AvgIpc) is 3.45. The lowest BCUT2D eigenvalue weighted by Gasteiger charge is -2.08. The number of carbonyl (C=O) groups excluding carboxylic acids is 2. The van der Waals surface area contributed by atoms with Gasteiger partial charge in [0.05, 0.1) is 17.9 Å². The predicted molar refractivity (Wildman–Crippen MR) is 132 cm³/mol. The highest BCUT2D eigenvalue weighted by Crippen LogP contribution is 2.29. The fourth-order valence-electron chi connectivity index (χ4n) is 3.29. The van der Waals surface area contributed by atoms with Crippen LogP contribution in [0.3, 0.4) is 0 Å². The Balaban J connectivity index is 1.44. The van der Waals surface area contributed by atoms with Gasteiger partial charge in [-0.15, -0.1) is 16.8 Å². The van der Waals surface area contributed by atoms with E-state index in [0.717, 1.165) is 17.4 Å². The predicted octanol–water partition coefficient (Wildman–Crippen LogP) is 5.17. The van der Waals surface area contributed by atoms with Gasteiger partial charge in [0, 0.05) is 17.6 Å². The Morgan fingerprint density at radius 1 is 1.18 bits per heavy atom. The summed E-state index contributed by atoms with van der Waals surface area (Å²) in [6.07, 6.45) is 2.48. The number of benzene rings is 2. The fraction of sp³-hybridized carbons (Fsp3) is 0.200. The Bertz CT molecular complexity index is 1290. The van der Waals surface area contributed by atoms with Crippen LogP contribution in [0.25, 0.3) is 22.6 Å². The minimum atomic E-state index is -0.414. The van der Waals surface area contributed by atoms with E-state index in [1.807, 2.05) is 41.8 Å². The van der Waals surface area contributed by atoms with E-state index >= 15 is 0 Å². The van der Waals surface area contributed by atoms with Crippen LogP contribution in [-0.4, -0.2) is 39.0 Å². The minimum Gasteiger partial charge on any atom is -0.462 e. The van der Waals surface area contributed by atoms with Crippen molar-refractivity contribution < 1.29 is 18.7 Å². The Hall–Kier alpha value is -3.85. The molecule has 0 saturated carbocycles. The van der Waals surface area contributed by atoms with Crippen molar-refractivity contribution in [3.8, 4) is 11.6 Å². The van der Waals surface area contributed by atoms with Crippen molar-refractivity contribution in [2.45, 2.75) is 25.0 Å². The van der Waals surface area contributed by atoms with Gasteiger partial charge in [0.1, 0.15) is 5.58 Å². The highest BCUT2D eigenvalue weighted by atomic mass is 32.2. The summed E-state index contributed by atoms with van der Waals surface area (Å²) in [5, 5.41) is 12.9. The van der Waals surface area contributed by atoms with Gasteiger partial charge in [-0.2, -0.15) is 0 Å². The molecule has 0 bridgehead atoms. The zero-order chi connectivity index (χ0) is 23.9. The number of thioether (sulfide) groups is 1. The van der Waals surface area contributed by atoms with E-state index < -0.39 is 5.97 Å². The topological polar surface area (TPSA) is 99.2 Å². The van der Waals surface area contributed by atoms with Gasteiger partial charge in [-0.1, -0.05) is 49.0 Å². The van der Waals surface area contributed by atoms with Crippen molar-refractivity contribution in [2.24, 2.45) is 0 Å². The number of anilines is 1. The van der Waals surface area contributed by atoms with Gasteiger partial charge in [0.25, 0.3) is 0 Å². The smallest absolute Gasteiger partial charge is 0.338 e. The van der Waals surface area contributed by atoms with Gasteiger partial charge < -0.3 is 14.5 Å². The molecular weight excluding hydrogens is 452 g/mol. The summed E-state index contributed by atoms with van der Waals surface area (Å²) >= 11 is 1.25. The van der Waals surface area contributed by atoms with E-state index in [9.17, 15) is 9.59 Å². The maximum Gasteiger partial charge on any atom is 0.338 e. The number of nitrogens with one attached hydrogen (secondary N) is 1. The minimum absolute atomic E-state index is 0.111. The number of esters is 1. The van der Waals surface area contributed by atoms with Gasteiger partial charge in [0.15, 0.2) is 10.9 Å². The summed E-state index contributed by atoms with van der Waals surface area (Å²) in [5.41, 5.74) is 1.67. The summed E-state index contributed by atoms with van der Waals surface area (Å²) in [6, 6.07) is 16.3. The van der Waals surface area contributed by atoms with Gasteiger partial charge >= 0.3 is 5.97 Å². The molecule has 0 unspecified atom stereocenters. The third-order valence-corrected chi connectivity index (χ3v) is 5.79. The number of nitrogens with zero attached hydrogens (tertiary/aromatic N) is 3. The Kier molecular flexibility index (Phi) is 7.44. The van der Waals surface area contributed by atoms with Crippen molar-refractivity contribution in [3.05, 3.63) is 72.8 Å². The number of allylic oxidation sites excluding steroid dienone is 1. The molecule has 2 heterocycles. The largest absolute Gasteiger partial charge is 0.462 e. The standard InChI is InChI=1S/C25H24N4O4S/c1-3-12-29-23(21-15-17-8-5-6-11-20(17)33-21)27-28-25(29)34-16-22(30)26-19-10-7-9-18(14-19)24(31)32-13-4-2/h3,5-11,14-15H,1,4,12-13,16H2,2H3,(H,26,30). The first-order valence-corrected chi connectivity index (χ1v) is 11.8. The first kappa shape index (κ1) is 23.3. The van der Waals surface area contributed by atoms with E-state index in [4.69, 9.17) is 9.15 Å². The number of rotatable bonds is 10. The lowest BCUT2D eigenvalue weighted by Crippen LogP contribution is -2.15. The van der Waals surface area contributed by atoms with Gasteiger partial charge in [-0.25, -0.2) is 4.79 Å². The summed E-state index contributed by atoms with van der Waals surface area (Å²) in [6.45, 7) is 6.56. The van der Waals surface area contributed by atoms with Crippen LogP contribution in [0.2, 0.25) is 0 Å². The van der Waals surface area contributed by atoms with E-state index in [1.165, 1.54) is 11.8 Å². The molecule has 9 heteroatoms. The van der Waals surface area contributed by atoms with Crippen LogP contribution in [0.15, 0.2) is 76.8 Å². The third-order valence-electron chi connectivity index (χ3n) is 4.83. The van der Waals surface area contributed by atoms with Crippen molar-refractivity contribution in [1.29, 1.82) is 0 Å². The summed E-state index contributed by atoms with van der Waals surface area (Å²) < 4.78 is 12.9. The average molecular weight is 477 g/mol. The van der Waals surface area contributed by atoms with Crippen LogP contribution in [0.4, 0.5) is 5.69 Å². The zero-order valence-electron chi connectivity index (χ0n) is 18.7. The van der Waals surface area contributed by atoms with E-state index in [-0.39, 0.29) is 11.7 Å². The quantitative estimate of drug-likeness (QED) is 0.191. The number of fused-ring (bicyclic) bond motifs is 1. The van der Waals surface area contributed by atoms with Crippen molar-refractivity contribution in [3.63, 3.8) is 0 Å². The van der Waals surface area contributed by atoms with Crippen LogP contribution in [0.5, 0.6) is 0 Å². The second kappa shape index (κ2) is 10.8. The molecule has 0 spiro atoms. The van der Waals surface area contributed by atoms with E-state index in [0.29, 0.717) is 41.1 Å². The molecular formula is C25H24N4O4S. The van der Waals surface area contributed by atoms with Gasteiger partial charge in [-0.3, -0.25) is 9.36 Å². The molecule has 2 aromatic carbocycles.